The molecule has 0 aromatic heterocycles. The molecule has 1 aromatic rings. The van der Waals surface area contributed by atoms with Crippen LogP contribution in [0.5, 0.6) is 0 Å². The molecule has 0 spiro atoms. The van der Waals surface area contributed by atoms with E-state index in [2.05, 4.69) is 26.1 Å². The molecule has 102 valence electrons. The fraction of sp³-hybridized carbons (Fsp3) is 0.600. The molecule has 0 aliphatic carbocycles. The van der Waals surface area contributed by atoms with E-state index in [0.717, 1.165) is 18.5 Å². The Labute approximate surface area is 115 Å². The van der Waals surface area contributed by atoms with Gasteiger partial charge in [0.2, 0.25) is 0 Å². The molecule has 0 aliphatic rings. The van der Waals surface area contributed by atoms with Crippen LogP contribution in [-0.4, -0.2) is 12.6 Å². The highest BCUT2D eigenvalue weighted by Gasteiger charge is 2.10. The summed E-state index contributed by atoms with van der Waals surface area (Å²) in [4.78, 5) is 0. The predicted molar refractivity (Wildman–Crippen MR) is 76.7 cm³/mol. The monoisotopic (exact) mass is 271 g/mol. The van der Waals surface area contributed by atoms with E-state index in [0.29, 0.717) is 12.0 Å². The van der Waals surface area contributed by atoms with Gasteiger partial charge in [-0.2, -0.15) is 0 Å². The standard InChI is InChI=1S/C15H23ClFN/c1-4-5-13(10-18-11(2)3)8-12-6-7-15(17)14(16)9-12/h6-7,9,11,13,18H,4-5,8,10H2,1-3H3. The van der Waals surface area contributed by atoms with Crippen molar-refractivity contribution in [3.8, 4) is 0 Å². The van der Waals surface area contributed by atoms with Crippen LogP contribution in [-0.2, 0) is 6.42 Å². The topological polar surface area (TPSA) is 12.0 Å². The van der Waals surface area contributed by atoms with Crippen LogP contribution >= 0.6 is 11.6 Å². The van der Waals surface area contributed by atoms with Crippen molar-refractivity contribution in [1.29, 1.82) is 0 Å². The molecule has 0 heterocycles. The van der Waals surface area contributed by atoms with Gasteiger partial charge in [-0.15, -0.1) is 0 Å². The number of rotatable bonds is 7. The second-order valence-corrected chi connectivity index (χ2v) is 5.58. The van der Waals surface area contributed by atoms with Crippen LogP contribution in [0.4, 0.5) is 4.39 Å². The number of nitrogens with one attached hydrogen (secondary N) is 1. The van der Waals surface area contributed by atoms with Crippen LogP contribution in [0.1, 0.15) is 39.2 Å². The Balaban J connectivity index is 2.61. The van der Waals surface area contributed by atoms with Gasteiger partial charge in [0.05, 0.1) is 5.02 Å². The van der Waals surface area contributed by atoms with E-state index in [1.807, 2.05) is 6.07 Å². The highest BCUT2D eigenvalue weighted by atomic mass is 35.5. The minimum atomic E-state index is -0.340. The van der Waals surface area contributed by atoms with Gasteiger partial charge in [-0.3, -0.25) is 0 Å². The lowest BCUT2D eigenvalue weighted by Crippen LogP contribution is -2.29. The molecule has 0 bridgehead atoms. The average Bonchev–Trinajstić information content (AvgIpc) is 2.31. The summed E-state index contributed by atoms with van der Waals surface area (Å²) in [6.07, 6.45) is 3.29. The zero-order valence-corrected chi connectivity index (χ0v) is 12.2. The van der Waals surface area contributed by atoms with Crippen LogP contribution < -0.4 is 5.32 Å². The Kier molecular flexibility index (Phi) is 6.66. The van der Waals surface area contributed by atoms with Crippen LogP contribution in [0, 0.1) is 11.7 Å². The predicted octanol–water partition coefficient (Wildman–Crippen LogP) is 4.44. The van der Waals surface area contributed by atoms with Crippen molar-refractivity contribution in [1.82, 2.24) is 5.32 Å². The Morgan fingerprint density at radius 2 is 2.06 bits per heavy atom. The Morgan fingerprint density at radius 1 is 1.33 bits per heavy atom. The van der Waals surface area contributed by atoms with E-state index in [1.165, 1.54) is 18.9 Å². The lowest BCUT2D eigenvalue weighted by Gasteiger charge is -2.19. The van der Waals surface area contributed by atoms with Crippen molar-refractivity contribution in [2.24, 2.45) is 5.92 Å². The van der Waals surface area contributed by atoms with Gasteiger partial charge in [0.1, 0.15) is 5.82 Å². The third-order valence-electron chi connectivity index (χ3n) is 3.02. The van der Waals surface area contributed by atoms with Gasteiger partial charge in [0.15, 0.2) is 0 Å². The molecule has 3 heteroatoms. The first kappa shape index (κ1) is 15.5. The van der Waals surface area contributed by atoms with Crippen molar-refractivity contribution in [2.45, 2.75) is 46.1 Å². The Hall–Kier alpha value is -0.600. The second kappa shape index (κ2) is 7.75. The summed E-state index contributed by atoms with van der Waals surface area (Å²) < 4.78 is 13.1. The number of hydrogen-bond acceptors (Lipinski definition) is 1. The van der Waals surface area contributed by atoms with E-state index >= 15 is 0 Å². The maximum atomic E-state index is 13.1. The first-order valence-electron chi connectivity index (χ1n) is 6.70. The second-order valence-electron chi connectivity index (χ2n) is 5.17. The summed E-state index contributed by atoms with van der Waals surface area (Å²) in [6.45, 7) is 7.50. The lowest BCUT2D eigenvalue weighted by atomic mass is 9.94. The quantitative estimate of drug-likeness (QED) is 0.773. The first-order valence-corrected chi connectivity index (χ1v) is 7.08. The first-order chi connectivity index (χ1) is 8.52. The summed E-state index contributed by atoms with van der Waals surface area (Å²) in [5.74, 6) is 0.242. The fourth-order valence-corrected chi connectivity index (χ4v) is 2.29. The fourth-order valence-electron chi connectivity index (χ4n) is 2.09. The average molecular weight is 272 g/mol. The van der Waals surface area contributed by atoms with Gasteiger partial charge < -0.3 is 5.32 Å². The van der Waals surface area contributed by atoms with Gasteiger partial charge in [-0.1, -0.05) is 44.9 Å². The van der Waals surface area contributed by atoms with Crippen molar-refractivity contribution in [2.75, 3.05) is 6.54 Å². The highest BCUT2D eigenvalue weighted by molar-refractivity contribution is 6.30. The number of benzene rings is 1. The smallest absolute Gasteiger partial charge is 0.141 e. The Bertz CT molecular complexity index is 366. The summed E-state index contributed by atoms with van der Waals surface area (Å²) in [5.41, 5.74) is 1.12. The molecule has 1 atom stereocenters. The zero-order valence-electron chi connectivity index (χ0n) is 11.5. The molecule has 1 nitrogen and oxygen atoms in total. The molecule has 0 amide bonds. The third kappa shape index (κ3) is 5.36. The SMILES string of the molecule is CCCC(CNC(C)C)Cc1ccc(F)c(Cl)c1. The molecule has 0 saturated carbocycles. The van der Waals surface area contributed by atoms with E-state index in [4.69, 9.17) is 11.6 Å². The van der Waals surface area contributed by atoms with Crippen molar-refractivity contribution >= 4 is 11.6 Å². The number of halogens is 2. The zero-order chi connectivity index (χ0) is 13.5. The van der Waals surface area contributed by atoms with Crippen LogP contribution in [0.3, 0.4) is 0 Å². The molecule has 0 fully saturated rings. The molecule has 1 aromatic carbocycles. The lowest BCUT2D eigenvalue weighted by molar-refractivity contribution is 0.418. The minimum absolute atomic E-state index is 0.222. The van der Waals surface area contributed by atoms with E-state index < -0.39 is 0 Å². The van der Waals surface area contributed by atoms with Gasteiger partial charge in [0, 0.05) is 6.04 Å². The van der Waals surface area contributed by atoms with Crippen molar-refractivity contribution in [3.05, 3.63) is 34.6 Å². The molecule has 0 aliphatic heterocycles. The normalized spacial score (nSPS) is 13.0. The maximum absolute atomic E-state index is 13.1. The summed E-state index contributed by atoms with van der Waals surface area (Å²) in [5, 5.41) is 3.69. The van der Waals surface area contributed by atoms with Crippen LogP contribution in [0.25, 0.3) is 0 Å². The molecule has 0 saturated heterocycles. The molecule has 0 radical (unpaired) electrons. The van der Waals surface area contributed by atoms with E-state index in [1.54, 1.807) is 6.07 Å². The van der Waals surface area contributed by atoms with Gasteiger partial charge >= 0.3 is 0 Å². The van der Waals surface area contributed by atoms with Gasteiger partial charge in [0.25, 0.3) is 0 Å². The van der Waals surface area contributed by atoms with Crippen LogP contribution in [0.15, 0.2) is 18.2 Å². The molecular weight excluding hydrogens is 249 g/mol. The summed E-state index contributed by atoms with van der Waals surface area (Å²) in [6, 6.07) is 5.53. The molecule has 1 rings (SSSR count). The summed E-state index contributed by atoms with van der Waals surface area (Å²) >= 11 is 5.81. The van der Waals surface area contributed by atoms with Gasteiger partial charge in [-0.05, 0) is 43.0 Å². The third-order valence-corrected chi connectivity index (χ3v) is 3.31. The molecular formula is C15H23ClFN. The van der Waals surface area contributed by atoms with E-state index in [-0.39, 0.29) is 10.8 Å². The van der Waals surface area contributed by atoms with Crippen molar-refractivity contribution < 1.29 is 4.39 Å². The number of hydrogen-bond donors (Lipinski definition) is 1. The molecule has 1 N–H and O–H groups in total. The van der Waals surface area contributed by atoms with E-state index in [9.17, 15) is 4.39 Å². The van der Waals surface area contributed by atoms with Crippen LogP contribution in [0.2, 0.25) is 5.02 Å². The van der Waals surface area contributed by atoms with Gasteiger partial charge in [-0.25, -0.2) is 4.39 Å². The molecule has 1 unspecified atom stereocenters. The Morgan fingerprint density at radius 3 is 2.61 bits per heavy atom. The largest absolute Gasteiger partial charge is 0.314 e. The molecule has 18 heavy (non-hydrogen) atoms. The minimum Gasteiger partial charge on any atom is -0.314 e. The highest BCUT2D eigenvalue weighted by Crippen LogP contribution is 2.20. The maximum Gasteiger partial charge on any atom is 0.141 e. The summed E-state index contributed by atoms with van der Waals surface area (Å²) in [7, 11) is 0. The van der Waals surface area contributed by atoms with Crippen molar-refractivity contribution in [3.63, 3.8) is 0 Å².